The molecule has 28 heavy (non-hydrogen) atoms. The molecule has 1 amide bonds. The molecule has 1 aliphatic carbocycles. The van der Waals surface area contributed by atoms with E-state index in [1.807, 2.05) is 6.07 Å². The zero-order valence-electron chi connectivity index (χ0n) is 15.6. The maximum Gasteiger partial charge on any atom is 0.408 e. The lowest BCUT2D eigenvalue weighted by Crippen LogP contribution is -2.59. The Labute approximate surface area is 161 Å². The molecule has 0 radical (unpaired) electrons. The van der Waals surface area contributed by atoms with Crippen LogP contribution in [-0.4, -0.2) is 59.2 Å². The van der Waals surface area contributed by atoms with Crippen molar-refractivity contribution < 1.29 is 38.8 Å². The van der Waals surface area contributed by atoms with Gasteiger partial charge in [-0.25, -0.2) is 4.79 Å². The monoisotopic (exact) mass is 393 g/mol. The predicted octanol–water partition coefficient (Wildman–Crippen LogP) is 0.440. The molecular weight excluding hydrogens is 370 g/mol. The molecule has 0 saturated heterocycles. The molecule has 0 fully saturated rings. The first-order valence-electron chi connectivity index (χ1n) is 8.57. The van der Waals surface area contributed by atoms with Crippen molar-refractivity contribution in [3.8, 4) is 0 Å². The average Bonchev–Trinajstić information content (AvgIpc) is 2.89. The van der Waals surface area contributed by atoms with Crippen molar-refractivity contribution in [3.05, 3.63) is 47.5 Å². The normalized spacial score (nSPS) is 23.5. The van der Waals surface area contributed by atoms with Gasteiger partial charge >= 0.3 is 18.0 Å². The largest absolute Gasteiger partial charge is 0.463 e. The van der Waals surface area contributed by atoms with E-state index in [0.29, 0.717) is 0 Å². The fourth-order valence-electron chi connectivity index (χ4n) is 2.74. The van der Waals surface area contributed by atoms with Gasteiger partial charge in [0.05, 0.1) is 0 Å². The van der Waals surface area contributed by atoms with Crippen LogP contribution in [0.2, 0.25) is 0 Å². The van der Waals surface area contributed by atoms with Crippen LogP contribution in [0.15, 0.2) is 42.0 Å². The minimum Gasteiger partial charge on any atom is -0.463 e. The van der Waals surface area contributed by atoms with Gasteiger partial charge in [-0.05, 0) is 17.2 Å². The minimum atomic E-state index is -1.63. The summed E-state index contributed by atoms with van der Waals surface area (Å²) in [5, 5.41) is 23.2. The molecule has 9 nitrogen and oxygen atoms in total. The van der Waals surface area contributed by atoms with E-state index < -0.39 is 42.4 Å². The highest BCUT2D eigenvalue weighted by molar-refractivity contribution is 5.70. The number of ether oxygens (including phenoxy) is 3. The van der Waals surface area contributed by atoms with Crippen molar-refractivity contribution in [2.24, 2.45) is 0 Å². The zero-order valence-corrected chi connectivity index (χ0v) is 15.6. The first kappa shape index (κ1) is 21.4. The summed E-state index contributed by atoms with van der Waals surface area (Å²) in [7, 11) is 0. The Kier molecular flexibility index (Phi) is 7.13. The molecule has 0 bridgehead atoms. The molecular formula is C19H23NO8. The van der Waals surface area contributed by atoms with Gasteiger partial charge in [0.2, 0.25) is 0 Å². The zero-order chi connectivity index (χ0) is 20.7. The third-order valence-electron chi connectivity index (χ3n) is 4.15. The van der Waals surface area contributed by atoms with Crippen LogP contribution in [-0.2, 0) is 30.4 Å². The second-order valence-electron chi connectivity index (χ2n) is 6.40. The summed E-state index contributed by atoms with van der Waals surface area (Å²) in [6.07, 6.45) is -2.53. The molecule has 2 rings (SSSR count). The van der Waals surface area contributed by atoms with E-state index in [1.165, 1.54) is 19.9 Å². The lowest BCUT2D eigenvalue weighted by molar-refractivity contribution is -0.145. The fourth-order valence-corrected chi connectivity index (χ4v) is 2.74. The van der Waals surface area contributed by atoms with Gasteiger partial charge in [-0.3, -0.25) is 9.59 Å². The molecule has 1 aliphatic rings. The van der Waals surface area contributed by atoms with Crippen molar-refractivity contribution in [3.63, 3.8) is 0 Å². The number of amides is 1. The summed E-state index contributed by atoms with van der Waals surface area (Å²) in [6.45, 7) is 1.63. The third kappa shape index (κ3) is 5.54. The summed E-state index contributed by atoms with van der Waals surface area (Å²) >= 11 is 0. The summed E-state index contributed by atoms with van der Waals surface area (Å²) in [4.78, 5) is 34.5. The van der Waals surface area contributed by atoms with E-state index in [-0.39, 0.29) is 18.8 Å². The highest BCUT2D eigenvalue weighted by atomic mass is 16.6. The third-order valence-corrected chi connectivity index (χ3v) is 4.15. The molecule has 9 heteroatoms. The second kappa shape index (κ2) is 9.34. The Morgan fingerprint density at radius 2 is 1.64 bits per heavy atom. The molecule has 0 unspecified atom stereocenters. The maximum absolute atomic E-state index is 12.3. The molecule has 3 N–H and O–H groups in total. The Hall–Kier alpha value is -2.91. The summed E-state index contributed by atoms with van der Waals surface area (Å²) < 4.78 is 14.9. The second-order valence-corrected chi connectivity index (χ2v) is 6.40. The molecule has 0 saturated carbocycles. The molecule has 0 aliphatic heterocycles. The van der Waals surface area contributed by atoms with Gasteiger partial charge in [0.25, 0.3) is 0 Å². The number of aliphatic hydroxyl groups is 2. The smallest absolute Gasteiger partial charge is 0.408 e. The predicted molar refractivity (Wildman–Crippen MR) is 95.9 cm³/mol. The summed E-state index contributed by atoms with van der Waals surface area (Å²) in [5.41, 5.74) is -0.711. The van der Waals surface area contributed by atoms with E-state index in [4.69, 9.17) is 14.2 Å². The van der Waals surface area contributed by atoms with Gasteiger partial charge in [-0.15, -0.1) is 0 Å². The number of benzene rings is 1. The topological polar surface area (TPSA) is 131 Å². The summed E-state index contributed by atoms with van der Waals surface area (Å²) in [5.74, 6) is -1.21. The van der Waals surface area contributed by atoms with Crippen molar-refractivity contribution in [1.82, 2.24) is 5.32 Å². The number of nitrogens with one attached hydrogen (secondary N) is 1. The highest BCUT2D eigenvalue weighted by Gasteiger charge is 2.49. The number of hydrogen-bond donors (Lipinski definition) is 3. The fraction of sp³-hybridized carbons (Fsp3) is 0.421. The average molecular weight is 393 g/mol. The number of rotatable bonds is 7. The van der Waals surface area contributed by atoms with Crippen LogP contribution in [0.4, 0.5) is 4.79 Å². The molecule has 1 aromatic carbocycles. The Balaban J connectivity index is 2.13. The lowest BCUT2D eigenvalue weighted by atomic mass is 9.96. The van der Waals surface area contributed by atoms with E-state index in [0.717, 1.165) is 5.56 Å². The quantitative estimate of drug-likeness (QED) is 0.345. The SMILES string of the molecule is CC(=O)OCC1=C[C@](COC(C)=O)(NC(=O)OCc2ccccc2)[C@H](O)[C@H]1O. The highest BCUT2D eigenvalue weighted by Crippen LogP contribution is 2.30. The number of carbonyl (C=O) groups is 3. The first-order valence-corrected chi connectivity index (χ1v) is 8.57. The van der Waals surface area contributed by atoms with Crippen LogP contribution < -0.4 is 5.32 Å². The van der Waals surface area contributed by atoms with E-state index >= 15 is 0 Å². The summed E-state index contributed by atoms with van der Waals surface area (Å²) in [6, 6.07) is 8.95. The molecule has 152 valence electrons. The van der Waals surface area contributed by atoms with Crippen LogP contribution in [0, 0.1) is 0 Å². The van der Waals surface area contributed by atoms with Crippen LogP contribution in [0.3, 0.4) is 0 Å². The van der Waals surface area contributed by atoms with E-state index in [2.05, 4.69) is 5.32 Å². The van der Waals surface area contributed by atoms with Crippen molar-refractivity contribution in [2.45, 2.75) is 38.2 Å². The number of esters is 2. The molecule has 0 aromatic heterocycles. The molecule has 3 atom stereocenters. The van der Waals surface area contributed by atoms with Gasteiger partial charge in [-0.1, -0.05) is 30.3 Å². The molecule has 1 aromatic rings. The van der Waals surface area contributed by atoms with Crippen LogP contribution in [0.5, 0.6) is 0 Å². The number of carbonyl (C=O) groups excluding carboxylic acids is 3. The first-order chi connectivity index (χ1) is 13.2. The van der Waals surface area contributed by atoms with Gasteiger partial charge in [0, 0.05) is 13.8 Å². The van der Waals surface area contributed by atoms with Gasteiger partial charge in [0.15, 0.2) is 0 Å². The molecule has 0 spiro atoms. The molecule has 0 heterocycles. The van der Waals surface area contributed by atoms with Crippen LogP contribution in [0.25, 0.3) is 0 Å². The Morgan fingerprint density at radius 1 is 1.00 bits per heavy atom. The standard InChI is InChI=1S/C19H23NO8/c1-12(21)26-10-15-8-19(11-28-13(2)22,17(24)16(15)23)20-18(25)27-9-14-6-4-3-5-7-14/h3-8,16-17,23-24H,9-11H2,1-2H3,(H,20,25)/t16-,17+,19+/m0/s1. The lowest BCUT2D eigenvalue weighted by Gasteiger charge is -2.32. The minimum absolute atomic E-state index is 0.0149. The van der Waals surface area contributed by atoms with Crippen molar-refractivity contribution >= 4 is 18.0 Å². The van der Waals surface area contributed by atoms with Gasteiger partial charge < -0.3 is 29.7 Å². The number of aliphatic hydroxyl groups excluding tert-OH is 2. The number of alkyl carbamates (subject to hydrolysis) is 1. The van der Waals surface area contributed by atoms with E-state index in [9.17, 15) is 24.6 Å². The Morgan fingerprint density at radius 3 is 2.25 bits per heavy atom. The van der Waals surface area contributed by atoms with Crippen LogP contribution in [0.1, 0.15) is 19.4 Å². The van der Waals surface area contributed by atoms with E-state index in [1.54, 1.807) is 24.3 Å². The van der Waals surface area contributed by atoms with Gasteiger partial charge in [0.1, 0.15) is 37.6 Å². The van der Waals surface area contributed by atoms with Crippen molar-refractivity contribution in [1.29, 1.82) is 0 Å². The van der Waals surface area contributed by atoms with Gasteiger partial charge in [-0.2, -0.15) is 0 Å². The number of hydrogen-bond acceptors (Lipinski definition) is 8. The van der Waals surface area contributed by atoms with Crippen LogP contribution >= 0.6 is 0 Å². The maximum atomic E-state index is 12.3. The van der Waals surface area contributed by atoms with Crippen molar-refractivity contribution in [2.75, 3.05) is 13.2 Å². The Bertz CT molecular complexity index is 748.